The van der Waals surface area contributed by atoms with E-state index in [1.54, 1.807) is 6.20 Å². The highest BCUT2D eigenvalue weighted by Crippen LogP contribution is 1.79. The van der Waals surface area contributed by atoms with E-state index >= 15 is 0 Å². The molecule has 0 amide bonds. The van der Waals surface area contributed by atoms with Crippen LogP contribution in [0.4, 0.5) is 0 Å². The maximum absolute atomic E-state index is 8.25. The first-order valence-corrected chi connectivity index (χ1v) is 2.89. The van der Waals surface area contributed by atoms with Crippen LogP contribution in [-0.4, -0.2) is 11.7 Å². The third kappa shape index (κ3) is 2.46. The smallest absolute Gasteiger partial charge is 0.248 e. The zero-order valence-corrected chi connectivity index (χ0v) is 6.32. The molecule has 0 aliphatic carbocycles. The van der Waals surface area contributed by atoms with Crippen molar-refractivity contribution in [3.63, 3.8) is 0 Å². The van der Waals surface area contributed by atoms with E-state index in [1.165, 1.54) is 0 Å². The molecule has 0 saturated carbocycles. The van der Waals surface area contributed by atoms with Crippen molar-refractivity contribution < 1.29 is 9.67 Å². The average molecular weight is 140 g/mol. The van der Waals surface area contributed by atoms with Crippen molar-refractivity contribution in [2.24, 2.45) is 7.05 Å². The fourth-order valence-electron chi connectivity index (χ4n) is 0.577. The lowest BCUT2D eigenvalue weighted by Crippen LogP contribution is -2.23. The lowest BCUT2D eigenvalue weighted by molar-refractivity contribution is -0.670. The van der Waals surface area contributed by atoms with Gasteiger partial charge >= 0.3 is 0 Å². The van der Waals surface area contributed by atoms with Gasteiger partial charge in [-0.25, -0.2) is 9.13 Å². The van der Waals surface area contributed by atoms with Crippen LogP contribution in [-0.2, 0) is 7.05 Å². The third-order valence-corrected chi connectivity index (χ3v) is 1.00. The van der Waals surface area contributed by atoms with E-state index in [2.05, 4.69) is 6.58 Å². The van der Waals surface area contributed by atoms with E-state index in [1.807, 2.05) is 34.9 Å². The Balaban J connectivity index is 0.000000371. The second kappa shape index (κ2) is 4.76. The molecule has 0 unspecified atom stereocenters. The van der Waals surface area contributed by atoms with E-state index in [-0.39, 0.29) is 0 Å². The lowest BCUT2D eigenvalue weighted by Gasteiger charge is -1.74. The minimum absolute atomic E-state index is 0.750. The van der Waals surface area contributed by atoms with Gasteiger partial charge in [0.1, 0.15) is 12.4 Å². The molecule has 56 valence electrons. The SMILES string of the molecule is C=Cn1cc[n+](C)c1.C[O-]. The van der Waals surface area contributed by atoms with Crippen LogP contribution in [0.5, 0.6) is 0 Å². The van der Waals surface area contributed by atoms with Gasteiger partial charge in [0.05, 0.1) is 13.2 Å². The molecule has 0 bridgehead atoms. The summed E-state index contributed by atoms with van der Waals surface area (Å²) >= 11 is 0. The van der Waals surface area contributed by atoms with Crippen molar-refractivity contribution in [2.75, 3.05) is 7.11 Å². The molecule has 1 aromatic rings. The Labute approximate surface area is 60.9 Å². The fraction of sp³-hybridized carbons (Fsp3) is 0.286. The molecule has 1 heterocycles. The molecular weight excluding hydrogens is 128 g/mol. The maximum Gasteiger partial charge on any atom is 0.248 e. The minimum Gasteiger partial charge on any atom is -0.857 e. The molecule has 0 spiro atoms. The maximum atomic E-state index is 8.25. The normalized spacial score (nSPS) is 7.90. The Morgan fingerprint density at radius 3 is 2.40 bits per heavy atom. The number of hydrogen-bond acceptors (Lipinski definition) is 1. The monoisotopic (exact) mass is 140 g/mol. The molecule has 0 fully saturated rings. The molecule has 0 radical (unpaired) electrons. The van der Waals surface area contributed by atoms with Crippen LogP contribution >= 0.6 is 0 Å². The highest BCUT2D eigenvalue weighted by Gasteiger charge is 1.90. The molecule has 0 aromatic carbocycles. The predicted molar refractivity (Wildman–Crippen MR) is 37.9 cm³/mol. The van der Waals surface area contributed by atoms with Gasteiger partial charge in [-0.1, -0.05) is 6.58 Å². The fourth-order valence-corrected chi connectivity index (χ4v) is 0.577. The third-order valence-electron chi connectivity index (χ3n) is 1.00. The van der Waals surface area contributed by atoms with Gasteiger partial charge in [0.25, 0.3) is 0 Å². The van der Waals surface area contributed by atoms with Crippen LogP contribution < -0.4 is 9.67 Å². The Morgan fingerprint density at radius 2 is 2.20 bits per heavy atom. The van der Waals surface area contributed by atoms with Gasteiger partial charge in [0.15, 0.2) is 0 Å². The zero-order chi connectivity index (χ0) is 7.98. The zero-order valence-electron chi connectivity index (χ0n) is 6.32. The van der Waals surface area contributed by atoms with Gasteiger partial charge in [-0.05, 0) is 0 Å². The molecular formula is C7H12N2O. The van der Waals surface area contributed by atoms with Crippen molar-refractivity contribution in [1.82, 2.24) is 4.57 Å². The van der Waals surface area contributed by atoms with Crippen molar-refractivity contribution in [2.45, 2.75) is 0 Å². The van der Waals surface area contributed by atoms with Crippen LogP contribution in [0.3, 0.4) is 0 Å². The van der Waals surface area contributed by atoms with Crippen LogP contribution in [0, 0.1) is 0 Å². The molecule has 0 N–H and O–H groups in total. The summed E-state index contributed by atoms with van der Waals surface area (Å²) in [7, 11) is 2.72. The average Bonchev–Trinajstić information content (AvgIpc) is 2.40. The Bertz CT molecular complexity index is 193. The molecule has 3 heteroatoms. The molecule has 0 aliphatic heterocycles. The van der Waals surface area contributed by atoms with Gasteiger partial charge < -0.3 is 5.11 Å². The lowest BCUT2D eigenvalue weighted by atomic mass is 10.8. The van der Waals surface area contributed by atoms with Gasteiger partial charge in [-0.3, -0.25) is 0 Å². The quantitative estimate of drug-likeness (QED) is 0.479. The van der Waals surface area contributed by atoms with Gasteiger partial charge in [0, 0.05) is 0 Å². The molecule has 10 heavy (non-hydrogen) atoms. The first-order chi connectivity index (χ1) is 4.83. The van der Waals surface area contributed by atoms with Crippen molar-refractivity contribution >= 4 is 6.20 Å². The molecule has 0 saturated heterocycles. The van der Waals surface area contributed by atoms with E-state index in [9.17, 15) is 0 Å². The highest BCUT2D eigenvalue weighted by atomic mass is 16.2. The van der Waals surface area contributed by atoms with E-state index in [0.29, 0.717) is 0 Å². The van der Waals surface area contributed by atoms with Crippen LogP contribution in [0.2, 0.25) is 0 Å². The van der Waals surface area contributed by atoms with Crippen LogP contribution in [0.1, 0.15) is 0 Å². The molecule has 1 aromatic heterocycles. The van der Waals surface area contributed by atoms with E-state index < -0.39 is 0 Å². The number of imidazole rings is 1. The highest BCUT2D eigenvalue weighted by molar-refractivity contribution is 5.12. The molecule has 0 atom stereocenters. The summed E-state index contributed by atoms with van der Waals surface area (Å²) in [5.41, 5.74) is 0. The Morgan fingerprint density at radius 1 is 1.60 bits per heavy atom. The minimum atomic E-state index is 0.750. The number of nitrogens with zero attached hydrogens (tertiary/aromatic N) is 2. The van der Waals surface area contributed by atoms with Gasteiger partial charge in [-0.15, -0.1) is 0 Å². The summed E-state index contributed by atoms with van der Waals surface area (Å²) in [6.07, 6.45) is 7.58. The first-order valence-electron chi connectivity index (χ1n) is 2.89. The van der Waals surface area contributed by atoms with Gasteiger partial charge in [-0.2, -0.15) is 7.11 Å². The van der Waals surface area contributed by atoms with Gasteiger partial charge in [0.2, 0.25) is 6.33 Å². The number of aromatic nitrogens is 2. The number of hydrogen-bond donors (Lipinski definition) is 0. The van der Waals surface area contributed by atoms with E-state index in [0.717, 1.165) is 7.11 Å². The molecule has 1 rings (SSSR count). The topological polar surface area (TPSA) is 31.9 Å². The summed E-state index contributed by atoms with van der Waals surface area (Å²) in [5.74, 6) is 0. The van der Waals surface area contributed by atoms with Crippen LogP contribution in [0.15, 0.2) is 25.3 Å². The summed E-state index contributed by atoms with van der Waals surface area (Å²) < 4.78 is 3.85. The largest absolute Gasteiger partial charge is 0.857 e. The predicted octanol–water partition coefficient (Wildman–Crippen LogP) is -0.610. The Kier molecular flexibility index (Phi) is 4.24. The molecule has 0 aliphatic rings. The number of aryl methyl sites for hydroxylation is 1. The number of rotatable bonds is 1. The first kappa shape index (κ1) is 8.91. The second-order valence-corrected chi connectivity index (χ2v) is 1.71. The second-order valence-electron chi connectivity index (χ2n) is 1.71. The summed E-state index contributed by atoms with van der Waals surface area (Å²) in [6.45, 7) is 3.59. The Hall–Kier alpha value is -1.09. The summed E-state index contributed by atoms with van der Waals surface area (Å²) in [5, 5.41) is 8.25. The van der Waals surface area contributed by atoms with Crippen molar-refractivity contribution in [3.8, 4) is 0 Å². The van der Waals surface area contributed by atoms with Crippen molar-refractivity contribution in [1.29, 1.82) is 0 Å². The van der Waals surface area contributed by atoms with Crippen LogP contribution in [0.25, 0.3) is 6.20 Å². The summed E-state index contributed by atoms with van der Waals surface area (Å²) in [6, 6.07) is 0. The van der Waals surface area contributed by atoms with E-state index in [4.69, 9.17) is 5.11 Å². The molecule has 3 nitrogen and oxygen atoms in total. The van der Waals surface area contributed by atoms with Crippen molar-refractivity contribution in [3.05, 3.63) is 25.3 Å². The standard InChI is InChI=1S/C6H9N2.CH3O/c1-3-8-5-4-7(2)6-8;1-2/h3-6H,1H2,2H3;1H3/q+1;-1. The summed E-state index contributed by atoms with van der Waals surface area (Å²) in [4.78, 5) is 0.